The average Bonchev–Trinajstić information content (AvgIpc) is 2.53. The van der Waals surface area contributed by atoms with Crippen LogP contribution in [0.5, 0.6) is 0 Å². The molecule has 3 nitrogen and oxygen atoms in total. The van der Waals surface area contributed by atoms with Gasteiger partial charge in [0.2, 0.25) is 0 Å². The first-order chi connectivity index (χ1) is 6.65. The quantitative estimate of drug-likeness (QED) is 0.709. The highest BCUT2D eigenvalue weighted by molar-refractivity contribution is 4.82. The molecule has 1 atom stereocenters. The highest BCUT2D eigenvalue weighted by Gasteiger charge is 2.24. The summed E-state index contributed by atoms with van der Waals surface area (Å²) in [4.78, 5) is 4.97. The van der Waals surface area contributed by atoms with Gasteiger partial charge >= 0.3 is 0 Å². The van der Waals surface area contributed by atoms with E-state index >= 15 is 0 Å². The molecule has 0 spiro atoms. The molecule has 0 aromatic heterocycles. The van der Waals surface area contributed by atoms with E-state index in [0.29, 0.717) is 6.04 Å². The zero-order chi connectivity index (χ0) is 10.6. The minimum absolute atomic E-state index is 0.648. The van der Waals surface area contributed by atoms with E-state index in [4.69, 9.17) is 5.73 Å². The fraction of sp³-hybridized carbons (Fsp3) is 1.00. The molecular weight excluding hydrogens is 174 g/mol. The third-order valence-corrected chi connectivity index (χ3v) is 3.30. The lowest BCUT2D eigenvalue weighted by atomic mass is 10.2. The Hall–Kier alpha value is -0.120. The van der Waals surface area contributed by atoms with Gasteiger partial charge in [-0.1, -0.05) is 0 Å². The van der Waals surface area contributed by atoms with Gasteiger partial charge in [0.15, 0.2) is 0 Å². The Labute approximate surface area is 88.2 Å². The summed E-state index contributed by atoms with van der Waals surface area (Å²) in [6.45, 7) is 8.80. The second kappa shape index (κ2) is 5.69. The summed E-state index contributed by atoms with van der Waals surface area (Å²) in [5.41, 5.74) is 5.61. The normalized spacial score (nSPS) is 24.0. The first-order valence-electron chi connectivity index (χ1n) is 5.79. The van der Waals surface area contributed by atoms with Crippen LogP contribution < -0.4 is 5.73 Å². The zero-order valence-corrected chi connectivity index (χ0v) is 9.87. The van der Waals surface area contributed by atoms with Gasteiger partial charge in [-0.25, -0.2) is 0 Å². The molecule has 84 valence electrons. The molecule has 1 saturated heterocycles. The number of rotatable bonds is 5. The minimum Gasteiger partial charge on any atom is -0.329 e. The number of nitrogens with zero attached hydrogens (tertiary/aromatic N) is 2. The molecule has 0 aliphatic carbocycles. The number of hydrogen-bond donors (Lipinski definition) is 1. The van der Waals surface area contributed by atoms with Crippen molar-refractivity contribution in [3.8, 4) is 0 Å². The van der Waals surface area contributed by atoms with Gasteiger partial charge in [0.1, 0.15) is 0 Å². The molecule has 0 saturated carbocycles. The van der Waals surface area contributed by atoms with E-state index < -0.39 is 0 Å². The Kier molecular flexibility index (Phi) is 4.85. The van der Waals surface area contributed by atoms with Crippen LogP contribution in [0.3, 0.4) is 0 Å². The van der Waals surface area contributed by atoms with Crippen LogP contribution in [-0.2, 0) is 0 Å². The first kappa shape index (κ1) is 12.0. The molecule has 0 bridgehead atoms. The Morgan fingerprint density at radius 3 is 2.79 bits per heavy atom. The first-order valence-corrected chi connectivity index (χ1v) is 5.79. The summed E-state index contributed by atoms with van der Waals surface area (Å²) >= 11 is 0. The molecule has 1 heterocycles. The topological polar surface area (TPSA) is 32.5 Å². The summed E-state index contributed by atoms with van der Waals surface area (Å²) in [5.74, 6) is 0. The second-order valence-electron chi connectivity index (χ2n) is 4.65. The van der Waals surface area contributed by atoms with E-state index in [1.807, 2.05) is 0 Å². The van der Waals surface area contributed by atoms with E-state index in [0.717, 1.165) is 19.1 Å². The Bertz CT molecular complexity index is 159. The minimum atomic E-state index is 0.648. The van der Waals surface area contributed by atoms with E-state index in [1.165, 1.54) is 25.9 Å². The molecule has 1 aliphatic heterocycles. The smallest absolute Gasteiger partial charge is 0.0224 e. The Morgan fingerprint density at radius 2 is 2.21 bits per heavy atom. The van der Waals surface area contributed by atoms with Gasteiger partial charge < -0.3 is 10.6 Å². The SMILES string of the molecule is CC(C)N(C)CC1CCCN1CCN. The van der Waals surface area contributed by atoms with Crippen molar-refractivity contribution in [1.82, 2.24) is 9.80 Å². The summed E-state index contributed by atoms with van der Waals surface area (Å²) in [5, 5.41) is 0. The maximum Gasteiger partial charge on any atom is 0.0224 e. The fourth-order valence-corrected chi connectivity index (χ4v) is 2.11. The van der Waals surface area contributed by atoms with Crippen molar-refractivity contribution in [3.05, 3.63) is 0 Å². The van der Waals surface area contributed by atoms with Gasteiger partial charge in [-0.15, -0.1) is 0 Å². The van der Waals surface area contributed by atoms with E-state index in [9.17, 15) is 0 Å². The molecule has 0 radical (unpaired) electrons. The zero-order valence-electron chi connectivity index (χ0n) is 9.87. The molecule has 1 aliphatic rings. The molecule has 0 amide bonds. The molecular formula is C11H25N3. The van der Waals surface area contributed by atoms with Crippen LogP contribution in [0.4, 0.5) is 0 Å². The molecule has 1 fully saturated rings. The maximum absolute atomic E-state index is 5.61. The van der Waals surface area contributed by atoms with E-state index in [2.05, 4.69) is 30.7 Å². The molecule has 3 heteroatoms. The third kappa shape index (κ3) is 3.23. The summed E-state index contributed by atoms with van der Waals surface area (Å²) < 4.78 is 0. The lowest BCUT2D eigenvalue weighted by Crippen LogP contribution is -2.42. The molecule has 1 unspecified atom stereocenters. The molecule has 14 heavy (non-hydrogen) atoms. The van der Waals surface area contributed by atoms with Crippen LogP contribution >= 0.6 is 0 Å². The second-order valence-corrected chi connectivity index (χ2v) is 4.65. The van der Waals surface area contributed by atoms with Crippen molar-refractivity contribution < 1.29 is 0 Å². The standard InChI is InChI=1S/C11H25N3/c1-10(2)13(3)9-11-5-4-7-14(11)8-6-12/h10-11H,4-9,12H2,1-3H3. The maximum atomic E-state index is 5.61. The number of likely N-dealkylation sites (tertiary alicyclic amines) is 1. The van der Waals surface area contributed by atoms with Gasteiger partial charge in [-0.2, -0.15) is 0 Å². The molecule has 0 aromatic carbocycles. The number of hydrogen-bond acceptors (Lipinski definition) is 3. The van der Waals surface area contributed by atoms with Crippen LogP contribution in [-0.4, -0.2) is 55.1 Å². The summed E-state index contributed by atoms with van der Waals surface area (Å²) in [6, 6.07) is 1.39. The predicted octanol–water partition coefficient (Wildman–Crippen LogP) is 0.750. The van der Waals surface area contributed by atoms with Crippen LogP contribution in [0.2, 0.25) is 0 Å². The lowest BCUT2D eigenvalue weighted by molar-refractivity contribution is 0.174. The van der Waals surface area contributed by atoms with Crippen LogP contribution in [0, 0.1) is 0 Å². The van der Waals surface area contributed by atoms with Crippen molar-refractivity contribution in [2.45, 2.75) is 38.8 Å². The number of nitrogens with two attached hydrogens (primary N) is 1. The van der Waals surface area contributed by atoms with Crippen molar-refractivity contribution in [2.75, 3.05) is 33.2 Å². The van der Waals surface area contributed by atoms with Gasteiger partial charge in [0.05, 0.1) is 0 Å². The largest absolute Gasteiger partial charge is 0.329 e. The van der Waals surface area contributed by atoms with Crippen molar-refractivity contribution in [1.29, 1.82) is 0 Å². The average molecular weight is 199 g/mol. The van der Waals surface area contributed by atoms with E-state index in [1.54, 1.807) is 0 Å². The fourth-order valence-electron chi connectivity index (χ4n) is 2.11. The third-order valence-electron chi connectivity index (χ3n) is 3.30. The highest BCUT2D eigenvalue weighted by Crippen LogP contribution is 2.17. The number of likely N-dealkylation sites (N-methyl/N-ethyl adjacent to an activating group) is 1. The van der Waals surface area contributed by atoms with Crippen molar-refractivity contribution in [2.24, 2.45) is 5.73 Å². The van der Waals surface area contributed by atoms with Crippen molar-refractivity contribution >= 4 is 0 Å². The monoisotopic (exact) mass is 199 g/mol. The van der Waals surface area contributed by atoms with Crippen molar-refractivity contribution in [3.63, 3.8) is 0 Å². The van der Waals surface area contributed by atoms with Crippen LogP contribution in [0.25, 0.3) is 0 Å². The highest BCUT2D eigenvalue weighted by atomic mass is 15.2. The lowest BCUT2D eigenvalue weighted by Gasteiger charge is -2.30. The Morgan fingerprint density at radius 1 is 1.50 bits per heavy atom. The van der Waals surface area contributed by atoms with E-state index in [-0.39, 0.29) is 0 Å². The molecule has 2 N–H and O–H groups in total. The summed E-state index contributed by atoms with van der Waals surface area (Å²) in [6.07, 6.45) is 2.69. The Balaban J connectivity index is 2.35. The summed E-state index contributed by atoms with van der Waals surface area (Å²) in [7, 11) is 2.21. The predicted molar refractivity (Wildman–Crippen MR) is 61.4 cm³/mol. The van der Waals surface area contributed by atoms with Gasteiger partial charge in [-0.05, 0) is 40.3 Å². The van der Waals surface area contributed by atoms with Gasteiger partial charge in [0, 0.05) is 31.7 Å². The van der Waals surface area contributed by atoms with Gasteiger partial charge in [-0.3, -0.25) is 4.90 Å². The molecule has 1 rings (SSSR count). The molecule has 0 aromatic rings. The van der Waals surface area contributed by atoms with Crippen LogP contribution in [0.15, 0.2) is 0 Å². The van der Waals surface area contributed by atoms with Gasteiger partial charge in [0.25, 0.3) is 0 Å². The van der Waals surface area contributed by atoms with Crippen LogP contribution in [0.1, 0.15) is 26.7 Å².